The molecule has 36 heavy (non-hydrogen) atoms. The third-order valence-electron chi connectivity index (χ3n) is 4.97. The van der Waals surface area contributed by atoms with Crippen molar-refractivity contribution in [2.45, 2.75) is 13.5 Å². The van der Waals surface area contributed by atoms with Gasteiger partial charge in [-0.15, -0.1) is 11.3 Å². The van der Waals surface area contributed by atoms with Crippen LogP contribution < -0.4 is 9.62 Å². The van der Waals surface area contributed by atoms with Gasteiger partial charge in [0, 0.05) is 16.8 Å². The zero-order chi connectivity index (χ0) is 25.9. The molecule has 0 bridgehead atoms. The maximum absolute atomic E-state index is 13.2. The fourth-order valence-corrected chi connectivity index (χ4v) is 4.65. The van der Waals surface area contributed by atoms with Crippen LogP contribution in [-0.4, -0.2) is 35.5 Å². The summed E-state index contributed by atoms with van der Waals surface area (Å²) in [5.41, 5.74) is 3.12. The third kappa shape index (κ3) is 5.88. The Morgan fingerprint density at radius 2 is 1.75 bits per heavy atom. The van der Waals surface area contributed by atoms with Crippen molar-refractivity contribution in [1.82, 2.24) is 19.7 Å². The molecule has 0 fully saturated rings. The molecular weight excluding hydrogens is 503 g/mol. The van der Waals surface area contributed by atoms with Crippen LogP contribution in [0.3, 0.4) is 0 Å². The molecule has 0 aliphatic carbocycles. The monoisotopic (exact) mass is 522 g/mol. The van der Waals surface area contributed by atoms with Gasteiger partial charge in [0.1, 0.15) is 11.5 Å². The number of rotatable bonds is 7. The quantitative estimate of drug-likeness (QED) is 0.386. The number of nitriles is 1. The van der Waals surface area contributed by atoms with E-state index in [4.69, 9.17) is 5.26 Å². The van der Waals surface area contributed by atoms with Crippen molar-refractivity contribution in [3.63, 3.8) is 0 Å². The Kier molecular flexibility index (Phi) is 7.05. The number of anilines is 2. The van der Waals surface area contributed by atoms with Gasteiger partial charge in [0.2, 0.25) is 10.0 Å². The van der Waals surface area contributed by atoms with Gasteiger partial charge < -0.3 is 4.90 Å². The maximum Gasteiger partial charge on any atom is 0.284 e. The number of carbonyl (C=O) groups is 1. The molecule has 0 aliphatic rings. The topological polar surface area (TPSA) is 129 Å². The van der Waals surface area contributed by atoms with Crippen molar-refractivity contribution < 1.29 is 17.6 Å². The Morgan fingerprint density at radius 3 is 2.31 bits per heavy atom. The molecule has 182 valence electrons. The summed E-state index contributed by atoms with van der Waals surface area (Å²) in [6.07, 6.45) is 3.68. The summed E-state index contributed by atoms with van der Waals surface area (Å²) in [5.74, 6) is -1.24. The van der Waals surface area contributed by atoms with Crippen LogP contribution in [0.1, 0.15) is 26.5 Å². The SMILES string of the molecule is Cc1sc(N(Cc2ccc(-c3ccc(F)cn3)nc2)c2ccc(C#N)cc2)nc1C(=O)NS(C)(=O)=O. The molecule has 4 rings (SSSR count). The first-order chi connectivity index (χ1) is 17.1. The lowest BCUT2D eigenvalue weighted by Gasteiger charge is -2.22. The number of benzene rings is 1. The predicted octanol–water partition coefficient (Wildman–Crippen LogP) is 3.95. The van der Waals surface area contributed by atoms with E-state index in [2.05, 4.69) is 21.0 Å². The summed E-state index contributed by atoms with van der Waals surface area (Å²) in [4.78, 5) is 27.7. The molecule has 1 aromatic carbocycles. The van der Waals surface area contributed by atoms with Crippen LogP contribution in [0.5, 0.6) is 0 Å². The number of carbonyl (C=O) groups excluding carboxylic acids is 1. The van der Waals surface area contributed by atoms with E-state index in [9.17, 15) is 17.6 Å². The Balaban J connectivity index is 1.67. The van der Waals surface area contributed by atoms with Crippen LogP contribution in [0.15, 0.2) is 60.9 Å². The molecule has 0 aliphatic heterocycles. The average molecular weight is 523 g/mol. The molecule has 3 aromatic heterocycles. The lowest BCUT2D eigenvalue weighted by atomic mass is 10.1. The smallest absolute Gasteiger partial charge is 0.284 e. The first-order valence-electron chi connectivity index (χ1n) is 10.5. The Labute approximate surface area is 211 Å². The van der Waals surface area contributed by atoms with Crippen molar-refractivity contribution >= 4 is 38.1 Å². The highest BCUT2D eigenvalue weighted by Crippen LogP contribution is 2.33. The average Bonchev–Trinajstić information content (AvgIpc) is 3.24. The lowest BCUT2D eigenvalue weighted by Crippen LogP contribution is -2.30. The van der Waals surface area contributed by atoms with Gasteiger partial charge in [0.15, 0.2) is 5.13 Å². The molecule has 0 saturated heterocycles. The summed E-state index contributed by atoms with van der Waals surface area (Å²) >= 11 is 1.23. The fraction of sp³-hybridized carbons (Fsp3) is 0.125. The van der Waals surface area contributed by atoms with Crippen LogP contribution in [0.25, 0.3) is 11.4 Å². The van der Waals surface area contributed by atoms with Gasteiger partial charge in [-0.1, -0.05) is 6.07 Å². The van der Waals surface area contributed by atoms with E-state index in [1.807, 2.05) is 15.7 Å². The molecule has 0 radical (unpaired) electrons. The number of halogens is 1. The second-order valence-electron chi connectivity index (χ2n) is 7.76. The summed E-state index contributed by atoms with van der Waals surface area (Å²) in [5, 5.41) is 9.60. The number of thiazole rings is 1. The van der Waals surface area contributed by atoms with Gasteiger partial charge in [-0.25, -0.2) is 22.5 Å². The van der Waals surface area contributed by atoms with Crippen LogP contribution >= 0.6 is 11.3 Å². The van der Waals surface area contributed by atoms with Crippen molar-refractivity contribution in [1.29, 1.82) is 5.26 Å². The number of nitrogens with one attached hydrogen (secondary N) is 1. The van der Waals surface area contributed by atoms with Crippen molar-refractivity contribution in [3.05, 3.63) is 88.4 Å². The highest BCUT2D eigenvalue weighted by molar-refractivity contribution is 7.89. The Hall–Kier alpha value is -4.21. The number of hydrogen-bond acceptors (Lipinski definition) is 9. The Morgan fingerprint density at radius 1 is 1.08 bits per heavy atom. The van der Waals surface area contributed by atoms with E-state index in [0.29, 0.717) is 39.2 Å². The number of aromatic nitrogens is 3. The van der Waals surface area contributed by atoms with Gasteiger partial charge in [0.25, 0.3) is 5.91 Å². The number of aryl methyl sites for hydroxylation is 1. The normalized spacial score (nSPS) is 11.1. The van der Waals surface area contributed by atoms with Crippen LogP contribution in [0, 0.1) is 24.1 Å². The summed E-state index contributed by atoms with van der Waals surface area (Å²) in [6.45, 7) is 2.00. The minimum absolute atomic E-state index is 0.00919. The highest BCUT2D eigenvalue weighted by Gasteiger charge is 2.22. The number of hydrogen-bond donors (Lipinski definition) is 1. The van der Waals surface area contributed by atoms with E-state index in [-0.39, 0.29) is 5.69 Å². The van der Waals surface area contributed by atoms with E-state index < -0.39 is 21.7 Å². The first kappa shape index (κ1) is 24.9. The molecule has 1 amide bonds. The van der Waals surface area contributed by atoms with Crippen molar-refractivity contribution in [2.24, 2.45) is 0 Å². The third-order valence-corrected chi connectivity index (χ3v) is 6.52. The van der Waals surface area contributed by atoms with Crippen LogP contribution in [0.2, 0.25) is 0 Å². The van der Waals surface area contributed by atoms with Gasteiger partial charge in [-0.3, -0.25) is 14.8 Å². The number of amides is 1. The standard InChI is InChI=1S/C24H19FN6O3S2/c1-15-22(23(32)30-36(2,33)34)29-24(35-15)31(19-7-3-16(11-26)4-8-19)14-17-5-9-20(27-12-17)21-10-6-18(25)13-28-21/h3-10,12-13H,14H2,1-2H3,(H,30,32). The number of sulfonamides is 1. The fourth-order valence-electron chi connectivity index (χ4n) is 3.29. The van der Waals surface area contributed by atoms with E-state index in [1.165, 1.54) is 17.4 Å². The highest BCUT2D eigenvalue weighted by atomic mass is 32.2. The Bertz CT molecular complexity index is 1550. The van der Waals surface area contributed by atoms with E-state index in [0.717, 1.165) is 18.0 Å². The van der Waals surface area contributed by atoms with Gasteiger partial charge in [-0.2, -0.15) is 5.26 Å². The summed E-state index contributed by atoms with van der Waals surface area (Å²) in [7, 11) is -3.75. The predicted molar refractivity (Wildman–Crippen MR) is 134 cm³/mol. The first-order valence-corrected chi connectivity index (χ1v) is 13.2. The van der Waals surface area contributed by atoms with E-state index >= 15 is 0 Å². The van der Waals surface area contributed by atoms with Gasteiger partial charge in [0.05, 0.1) is 42.0 Å². The van der Waals surface area contributed by atoms with Gasteiger partial charge >= 0.3 is 0 Å². The minimum Gasteiger partial charge on any atom is -0.313 e. The molecule has 0 saturated carbocycles. The minimum atomic E-state index is -3.75. The second kappa shape index (κ2) is 10.2. The number of nitrogens with zero attached hydrogens (tertiary/aromatic N) is 5. The molecular formula is C24H19FN6O3S2. The van der Waals surface area contributed by atoms with Crippen molar-refractivity contribution in [2.75, 3.05) is 11.2 Å². The van der Waals surface area contributed by atoms with Crippen LogP contribution in [0.4, 0.5) is 15.2 Å². The zero-order valence-corrected chi connectivity index (χ0v) is 20.8. The van der Waals surface area contributed by atoms with E-state index in [1.54, 1.807) is 49.5 Å². The molecule has 4 aromatic rings. The van der Waals surface area contributed by atoms with Gasteiger partial charge in [-0.05, 0) is 55.0 Å². The molecule has 0 unspecified atom stereocenters. The molecule has 9 nitrogen and oxygen atoms in total. The maximum atomic E-state index is 13.2. The molecule has 12 heteroatoms. The largest absolute Gasteiger partial charge is 0.313 e. The zero-order valence-electron chi connectivity index (χ0n) is 19.1. The molecule has 3 heterocycles. The second-order valence-corrected chi connectivity index (χ2v) is 10.7. The van der Waals surface area contributed by atoms with Crippen molar-refractivity contribution in [3.8, 4) is 17.5 Å². The summed E-state index contributed by atoms with van der Waals surface area (Å²) < 4.78 is 38.1. The molecule has 0 atom stereocenters. The summed E-state index contributed by atoms with van der Waals surface area (Å²) in [6, 6.07) is 15.4. The lowest BCUT2D eigenvalue weighted by molar-refractivity contribution is 0.0977. The molecule has 0 spiro atoms. The molecule has 1 N–H and O–H groups in total. The van der Waals surface area contributed by atoms with Crippen LogP contribution in [-0.2, 0) is 16.6 Å². The number of pyridine rings is 2.